The van der Waals surface area contributed by atoms with Crippen molar-refractivity contribution < 1.29 is 14.3 Å². The maximum Gasteiger partial charge on any atom is 0.328 e. The zero-order chi connectivity index (χ0) is 12.7. The highest BCUT2D eigenvalue weighted by Gasteiger charge is 2.26. The third-order valence-corrected chi connectivity index (χ3v) is 2.18. The fraction of sp³-hybridized carbons (Fsp3) is 0.636. The normalized spacial score (nSPS) is 14.1. The molecule has 0 fully saturated rings. The number of nitrogens with one attached hydrogen (secondary N) is 1. The third-order valence-electron chi connectivity index (χ3n) is 2.18. The summed E-state index contributed by atoms with van der Waals surface area (Å²) < 4.78 is 4.60. The highest BCUT2D eigenvalue weighted by Crippen LogP contribution is 2.04. The molecule has 0 spiro atoms. The summed E-state index contributed by atoms with van der Waals surface area (Å²) in [5, 5.41) is 2.57. The summed E-state index contributed by atoms with van der Waals surface area (Å²) in [5.41, 5.74) is 5.58. The molecule has 1 amide bonds. The summed E-state index contributed by atoms with van der Waals surface area (Å²) in [6.45, 7) is 7.14. The Morgan fingerprint density at radius 3 is 2.44 bits per heavy atom. The zero-order valence-corrected chi connectivity index (χ0v) is 10.0. The van der Waals surface area contributed by atoms with Gasteiger partial charge in [-0.15, -0.1) is 6.58 Å². The largest absolute Gasteiger partial charge is 0.467 e. The number of esters is 1. The molecule has 0 aliphatic heterocycles. The van der Waals surface area contributed by atoms with Crippen LogP contribution >= 0.6 is 0 Å². The smallest absolute Gasteiger partial charge is 0.328 e. The van der Waals surface area contributed by atoms with E-state index in [2.05, 4.69) is 16.6 Å². The van der Waals surface area contributed by atoms with Crippen LogP contribution in [-0.4, -0.2) is 31.1 Å². The van der Waals surface area contributed by atoms with Crippen molar-refractivity contribution in [3.63, 3.8) is 0 Å². The van der Waals surface area contributed by atoms with E-state index in [0.29, 0.717) is 6.42 Å². The number of carbonyl (C=O) groups excluding carboxylic acids is 2. The van der Waals surface area contributed by atoms with E-state index in [0.717, 1.165) is 0 Å². The van der Waals surface area contributed by atoms with Crippen molar-refractivity contribution in [3.8, 4) is 0 Å². The molecule has 2 atom stereocenters. The van der Waals surface area contributed by atoms with E-state index >= 15 is 0 Å². The first-order valence-electron chi connectivity index (χ1n) is 5.18. The molecule has 0 radical (unpaired) electrons. The Morgan fingerprint density at radius 1 is 1.50 bits per heavy atom. The average Bonchev–Trinajstić information content (AvgIpc) is 2.24. The van der Waals surface area contributed by atoms with E-state index in [-0.39, 0.29) is 11.8 Å². The molecule has 0 aliphatic rings. The summed E-state index contributed by atoms with van der Waals surface area (Å²) >= 11 is 0. The molecule has 0 bridgehead atoms. The van der Waals surface area contributed by atoms with Crippen LogP contribution in [0.4, 0.5) is 0 Å². The summed E-state index contributed by atoms with van der Waals surface area (Å²) in [7, 11) is 1.29. The Morgan fingerprint density at radius 2 is 2.06 bits per heavy atom. The monoisotopic (exact) mass is 228 g/mol. The Balaban J connectivity index is 4.45. The number of hydrogen-bond donors (Lipinski definition) is 2. The van der Waals surface area contributed by atoms with Crippen molar-refractivity contribution in [2.45, 2.75) is 32.4 Å². The number of ether oxygens (including phenoxy) is 1. The lowest BCUT2D eigenvalue weighted by molar-refractivity contribution is -0.146. The molecule has 0 saturated heterocycles. The lowest BCUT2D eigenvalue weighted by Crippen LogP contribution is -2.50. The molecule has 0 aromatic heterocycles. The maximum atomic E-state index is 11.6. The van der Waals surface area contributed by atoms with E-state index in [9.17, 15) is 9.59 Å². The molecule has 16 heavy (non-hydrogen) atoms. The highest BCUT2D eigenvalue weighted by molar-refractivity contribution is 5.87. The molecule has 5 heteroatoms. The second kappa shape index (κ2) is 7.00. The lowest BCUT2D eigenvalue weighted by Gasteiger charge is -2.21. The van der Waals surface area contributed by atoms with Gasteiger partial charge in [-0.3, -0.25) is 4.79 Å². The SMILES string of the molecule is C=CCC(N)C(=O)NC(C(=O)OC)C(C)C. The van der Waals surface area contributed by atoms with E-state index in [1.807, 2.05) is 13.8 Å². The second-order valence-corrected chi connectivity index (χ2v) is 3.88. The van der Waals surface area contributed by atoms with Gasteiger partial charge in [-0.25, -0.2) is 4.79 Å². The van der Waals surface area contributed by atoms with Gasteiger partial charge >= 0.3 is 5.97 Å². The van der Waals surface area contributed by atoms with E-state index < -0.39 is 18.1 Å². The average molecular weight is 228 g/mol. The topological polar surface area (TPSA) is 81.4 Å². The van der Waals surface area contributed by atoms with Crippen LogP contribution in [0.3, 0.4) is 0 Å². The van der Waals surface area contributed by atoms with Gasteiger partial charge in [0.1, 0.15) is 6.04 Å². The van der Waals surface area contributed by atoms with Crippen LogP contribution in [-0.2, 0) is 14.3 Å². The van der Waals surface area contributed by atoms with Gasteiger partial charge in [-0.2, -0.15) is 0 Å². The van der Waals surface area contributed by atoms with Crippen molar-refractivity contribution in [2.24, 2.45) is 11.7 Å². The van der Waals surface area contributed by atoms with Crippen LogP contribution in [0.25, 0.3) is 0 Å². The molecule has 5 nitrogen and oxygen atoms in total. The van der Waals surface area contributed by atoms with Crippen LogP contribution in [0.15, 0.2) is 12.7 Å². The van der Waals surface area contributed by atoms with Crippen molar-refractivity contribution in [1.82, 2.24) is 5.32 Å². The molecule has 0 heterocycles. The molecule has 0 saturated carbocycles. The molecule has 0 aromatic carbocycles. The van der Waals surface area contributed by atoms with E-state index in [1.165, 1.54) is 7.11 Å². The van der Waals surface area contributed by atoms with Crippen LogP contribution in [0, 0.1) is 5.92 Å². The van der Waals surface area contributed by atoms with Gasteiger partial charge in [0.2, 0.25) is 5.91 Å². The van der Waals surface area contributed by atoms with Gasteiger partial charge in [0.15, 0.2) is 0 Å². The fourth-order valence-corrected chi connectivity index (χ4v) is 1.17. The highest BCUT2D eigenvalue weighted by atomic mass is 16.5. The first kappa shape index (κ1) is 14.6. The Kier molecular flexibility index (Phi) is 6.41. The lowest BCUT2D eigenvalue weighted by atomic mass is 10.0. The van der Waals surface area contributed by atoms with Gasteiger partial charge in [0.05, 0.1) is 13.2 Å². The standard InChI is InChI=1S/C11H20N2O3/c1-5-6-8(12)10(14)13-9(7(2)3)11(15)16-4/h5,7-9H,1,6,12H2,2-4H3,(H,13,14). The van der Waals surface area contributed by atoms with Crippen molar-refractivity contribution in [1.29, 1.82) is 0 Å². The first-order chi connectivity index (χ1) is 7.43. The number of nitrogens with two attached hydrogens (primary N) is 1. The molecule has 92 valence electrons. The van der Waals surface area contributed by atoms with Crippen molar-refractivity contribution >= 4 is 11.9 Å². The third kappa shape index (κ3) is 4.44. The van der Waals surface area contributed by atoms with Gasteiger partial charge < -0.3 is 15.8 Å². The Hall–Kier alpha value is -1.36. The fourth-order valence-electron chi connectivity index (χ4n) is 1.17. The molecule has 2 unspecified atom stereocenters. The number of hydrogen-bond acceptors (Lipinski definition) is 4. The molecule has 0 rings (SSSR count). The van der Waals surface area contributed by atoms with Gasteiger partial charge in [-0.1, -0.05) is 19.9 Å². The molecule has 0 aliphatic carbocycles. The number of amides is 1. The molecule has 3 N–H and O–H groups in total. The quantitative estimate of drug-likeness (QED) is 0.503. The molecular formula is C11H20N2O3. The minimum absolute atomic E-state index is 0.0488. The van der Waals surface area contributed by atoms with E-state index in [4.69, 9.17) is 5.73 Å². The summed E-state index contributed by atoms with van der Waals surface area (Å²) in [6, 6.07) is -1.34. The van der Waals surface area contributed by atoms with Crippen LogP contribution in [0.5, 0.6) is 0 Å². The van der Waals surface area contributed by atoms with E-state index in [1.54, 1.807) is 6.08 Å². The zero-order valence-electron chi connectivity index (χ0n) is 10.0. The summed E-state index contributed by atoms with van der Waals surface area (Å²) in [5.74, 6) is -0.884. The predicted octanol–water partition coefficient (Wildman–Crippen LogP) is 0.204. The minimum atomic E-state index is -0.677. The second-order valence-electron chi connectivity index (χ2n) is 3.88. The summed E-state index contributed by atoms with van der Waals surface area (Å²) in [6.07, 6.45) is 1.94. The molecular weight excluding hydrogens is 208 g/mol. The summed E-state index contributed by atoms with van der Waals surface area (Å²) in [4.78, 5) is 22.9. The van der Waals surface area contributed by atoms with Crippen LogP contribution in [0.2, 0.25) is 0 Å². The van der Waals surface area contributed by atoms with Gasteiger partial charge in [0.25, 0.3) is 0 Å². The van der Waals surface area contributed by atoms with Crippen LogP contribution in [0.1, 0.15) is 20.3 Å². The number of carbonyl (C=O) groups is 2. The Bertz CT molecular complexity index is 264. The molecule has 0 aromatic rings. The van der Waals surface area contributed by atoms with Gasteiger partial charge in [0, 0.05) is 0 Å². The minimum Gasteiger partial charge on any atom is -0.467 e. The van der Waals surface area contributed by atoms with Crippen molar-refractivity contribution in [3.05, 3.63) is 12.7 Å². The van der Waals surface area contributed by atoms with Gasteiger partial charge in [-0.05, 0) is 12.3 Å². The van der Waals surface area contributed by atoms with Crippen molar-refractivity contribution in [2.75, 3.05) is 7.11 Å². The first-order valence-corrected chi connectivity index (χ1v) is 5.18. The Labute approximate surface area is 96.0 Å². The maximum absolute atomic E-state index is 11.6. The predicted molar refractivity (Wildman–Crippen MR) is 61.6 cm³/mol. The van der Waals surface area contributed by atoms with Crippen LogP contribution < -0.4 is 11.1 Å². The number of rotatable bonds is 6. The number of methoxy groups -OCH3 is 1.